The lowest BCUT2D eigenvalue weighted by Crippen LogP contribution is -2.10. The Bertz CT molecular complexity index is 791. The summed E-state index contributed by atoms with van der Waals surface area (Å²) in [6, 6.07) is 9.78. The standard InChI is InChI=1S/C18H15F3N2O/c1-11(8-15-16(20)9-14(19)10-17(15)21)22-23-12(2)18(24)13-6-4-3-5-7-13/h3-7,9-10H,8H2,1-2H3/b22-11-,23-12-. The first-order chi connectivity index (χ1) is 11.4. The molecule has 6 heteroatoms. The first-order valence-electron chi connectivity index (χ1n) is 7.19. The van der Waals surface area contributed by atoms with E-state index in [1.165, 1.54) is 13.8 Å². The Kier molecular flexibility index (Phi) is 5.63. The summed E-state index contributed by atoms with van der Waals surface area (Å²) in [5.41, 5.74) is 0.627. The van der Waals surface area contributed by atoms with E-state index in [2.05, 4.69) is 10.2 Å². The molecule has 0 aliphatic carbocycles. The minimum Gasteiger partial charge on any atom is -0.287 e. The van der Waals surface area contributed by atoms with Crippen molar-refractivity contribution in [2.24, 2.45) is 10.2 Å². The maximum atomic E-state index is 13.6. The molecule has 0 aliphatic heterocycles. The van der Waals surface area contributed by atoms with Crippen LogP contribution in [-0.2, 0) is 6.42 Å². The summed E-state index contributed by atoms with van der Waals surface area (Å²) < 4.78 is 40.1. The number of Topliss-reactive ketones (excluding diaryl/α,β-unsaturated/α-hetero) is 1. The topological polar surface area (TPSA) is 41.8 Å². The molecule has 2 aromatic rings. The van der Waals surface area contributed by atoms with Crippen LogP contribution in [0.25, 0.3) is 0 Å². The molecule has 0 saturated carbocycles. The predicted molar refractivity (Wildman–Crippen MR) is 87.0 cm³/mol. The zero-order chi connectivity index (χ0) is 17.7. The van der Waals surface area contributed by atoms with Gasteiger partial charge in [0.15, 0.2) is 0 Å². The number of halogens is 3. The lowest BCUT2D eigenvalue weighted by Gasteiger charge is -2.04. The lowest BCUT2D eigenvalue weighted by molar-refractivity contribution is 0.106. The van der Waals surface area contributed by atoms with Crippen molar-refractivity contribution in [2.45, 2.75) is 20.3 Å². The number of benzene rings is 2. The van der Waals surface area contributed by atoms with Gasteiger partial charge in [-0.2, -0.15) is 10.2 Å². The summed E-state index contributed by atoms with van der Waals surface area (Å²) in [4.78, 5) is 12.1. The van der Waals surface area contributed by atoms with Crippen molar-refractivity contribution >= 4 is 17.2 Å². The molecule has 0 bridgehead atoms. The molecule has 0 radical (unpaired) electrons. The normalized spacial score (nSPS) is 12.4. The van der Waals surface area contributed by atoms with E-state index < -0.39 is 17.5 Å². The Labute approximate surface area is 137 Å². The molecule has 124 valence electrons. The van der Waals surface area contributed by atoms with Gasteiger partial charge in [-0.05, 0) is 13.8 Å². The first-order valence-corrected chi connectivity index (χ1v) is 7.19. The molecular weight excluding hydrogens is 317 g/mol. The highest BCUT2D eigenvalue weighted by atomic mass is 19.1. The number of rotatable bonds is 5. The van der Waals surface area contributed by atoms with Crippen molar-refractivity contribution in [3.8, 4) is 0 Å². The van der Waals surface area contributed by atoms with Crippen LogP contribution < -0.4 is 0 Å². The van der Waals surface area contributed by atoms with Crippen molar-refractivity contribution < 1.29 is 18.0 Å². The fraction of sp³-hybridized carbons (Fsp3) is 0.167. The van der Waals surface area contributed by atoms with Crippen LogP contribution in [-0.4, -0.2) is 17.2 Å². The van der Waals surface area contributed by atoms with Gasteiger partial charge in [0.2, 0.25) is 5.78 Å². The highest BCUT2D eigenvalue weighted by Gasteiger charge is 2.13. The molecule has 0 amide bonds. The van der Waals surface area contributed by atoms with Crippen molar-refractivity contribution in [3.63, 3.8) is 0 Å². The number of carbonyl (C=O) groups excluding carboxylic acids is 1. The maximum absolute atomic E-state index is 13.6. The number of hydrogen-bond acceptors (Lipinski definition) is 3. The van der Waals surface area contributed by atoms with Gasteiger partial charge in [0.25, 0.3) is 0 Å². The summed E-state index contributed by atoms with van der Waals surface area (Å²) in [6.07, 6.45) is -0.172. The Hall–Kier alpha value is -2.76. The van der Waals surface area contributed by atoms with Gasteiger partial charge in [-0.15, -0.1) is 0 Å². The number of ketones is 1. The second kappa shape index (κ2) is 7.68. The van der Waals surface area contributed by atoms with E-state index in [4.69, 9.17) is 0 Å². The van der Waals surface area contributed by atoms with Crippen molar-refractivity contribution in [1.29, 1.82) is 0 Å². The molecule has 2 rings (SSSR count). The Morgan fingerprint density at radius 1 is 0.958 bits per heavy atom. The molecule has 0 atom stereocenters. The molecule has 0 saturated heterocycles. The van der Waals surface area contributed by atoms with Gasteiger partial charge in [-0.3, -0.25) is 4.79 Å². The number of hydrogen-bond donors (Lipinski definition) is 0. The van der Waals surface area contributed by atoms with Gasteiger partial charge in [0.1, 0.15) is 23.2 Å². The summed E-state index contributed by atoms with van der Waals surface area (Å²) in [5.74, 6) is -3.23. The third-order valence-electron chi connectivity index (χ3n) is 3.27. The van der Waals surface area contributed by atoms with Crippen LogP contribution in [0.5, 0.6) is 0 Å². The predicted octanol–water partition coefficient (Wildman–Crippen LogP) is 4.37. The minimum atomic E-state index is -0.983. The van der Waals surface area contributed by atoms with Crippen LogP contribution in [0.2, 0.25) is 0 Å². The average molecular weight is 332 g/mol. The van der Waals surface area contributed by atoms with E-state index in [-0.39, 0.29) is 23.5 Å². The second-order valence-electron chi connectivity index (χ2n) is 5.24. The molecule has 0 spiro atoms. The first kappa shape index (κ1) is 17.6. The lowest BCUT2D eigenvalue weighted by atomic mass is 10.1. The van der Waals surface area contributed by atoms with Gasteiger partial charge in [-0.1, -0.05) is 30.3 Å². The molecule has 0 N–H and O–H groups in total. The molecule has 3 nitrogen and oxygen atoms in total. The summed E-state index contributed by atoms with van der Waals surface area (Å²) in [6.45, 7) is 3.02. The van der Waals surface area contributed by atoms with Gasteiger partial charge < -0.3 is 0 Å². The maximum Gasteiger partial charge on any atom is 0.208 e. The van der Waals surface area contributed by atoms with Crippen molar-refractivity contribution in [2.75, 3.05) is 0 Å². The quantitative estimate of drug-likeness (QED) is 0.455. The van der Waals surface area contributed by atoms with E-state index >= 15 is 0 Å². The molecule has 0 heterocycles. The zero-order valence-electron chi connectivity index (χ0n) is 13.2. The monoisotopic (exact) mass is 332 g/mol. The molecule has 0 aliphatic rings. The van der Waals surface area contributed by atoms with Crippen molar-refractivity contribution in [3.05, 3.63) is 71.0 Å². The Balaban J connectivity index is 2.15. The van der Waals surface area contributed by atoms with Gasteiger partial charge >= 0.3 is 0 Å². The molecule has 24 heavy (non-hydrogen) atoms. The third-order valence-corrected chi connectivity index (χ3v) is 3.27. The fourth-order valence-electron chi connectivity index (χ4n) is 2.04. The molecule has 0 aromatic heterocycles. The van der Waals surface area contributed by atoms with Crippen LogP contribution in [0.15, 0.2) is 52.7 Å². The number of carbonyl (C=O) groups is 1. The Morgan fingerprint density at radius 2 is 1.54 bits per heavy atom. The molecular formula is C18H15F3N2O. The molecule has 0 fully saturated rings. The highest BCUT2D eigenvalue weighted by Crippen LogP contribution is 2.16. The van der Waals surface area contributed by atoms with Crippen LogP contribution in [0.3, 0.4) is 0 Å². The van der Waals surface area contributed by atoms with Gasteiger partial charge in [0, 0.05) is 35.4 Å². The minimum absolute atomic E-state index is 0.153. The molecule has 2 aromatic carbocycles. The van der Waals surface area contributed by atoms with Gasteiger partial charge in [-0.25, -0.2) is 13.2 Å². The SMILES string of the molecule is C/C(Cc1c(F)cc(F)cc1F)=N/N=C(/C)C(=O)c1ccccc1. The highest BCUT2D eigenvalue weighted by molar-refractivity contribution is 6.45. The molecule has 0 unspecified atom stereocenters. The smallest absolute Gasteiger partial charge is 0.208 e. The largest absolute Gasteiger partial charge is 0.287 e. The van der Waals surface area contributed by atoms with Crippen LogP contribution >= 0.6 is 0 Å². The summed E-state index contributed by atoms with van der Waals surface area (Å²) in [7, 11) is 0. The van der Waals surface area contributed by atoms with E-state index in [0.29, 0.717) is 23.4 Å². The fourth-order valence-corrected chi connectivity index (χ4v) is 2.04. The zero-order valence-corrected chi connectivity index (χ0v) is 13.2. The summed E-state index contributed by atoms with van der Waals surface area (Å²) in [5, 5.41) is 7.64. The van der Waals surface area contributed by atoms with E-state index in [0.717, 1.165) is 0 Å². The van der Waals surface area contributed by atoms with Gasteiger partial charge in [0.05, 0.1) is 0 Å². The van der Waals surface area contributed by atoms with E-state index in [1.54, 1.807) is 30.3 Å². The third kappa shape index (κ3) is 4.38. The van der Waals surface area contributed by atoms with Crippen LogP contribution in [0, 0.1) is 17.5 Å². The summed E-state index contributed by atoms with van der Waals surface area (Å²) >= 11 is 0. The van der Waals surface area contributed by atoms with E-state index in [9.17, 15) is 18.0 Å². The van der Waals surface area contributed by atoms with E-state index in [1.807, 2.05) is 0 Å². The van der Waals surface area contributed by atoms with Crippen molar-refractivity contribution in [1.82, 2.24) is 0 Å². The number of nitrogens with zero attached hydrogens (tertiary/aromatic N) is 2. The second-order valence-corrected chi connectivity index (χ2v) is 5.24. The Morgan fingerprint density at radius 3 is 2.12 bits per heavy atom. The van der Waals surface area contributed by atoms with Crippen LogP contribution in [0.1, 0.15) is 29.8 Å². The average Bonchev–Trinajstić information content (AvgIpc) is 2.56. The van der Waals surface area contributed by atoms with Crippen LogP contribution in [0.4, 0.5) is 13.2 Å².